The van der Waals surface area contributed by atoms with Gasteiger partial charge in [0.2, 0.25) is 0 Å². The molecular formula is C35H30BNO2. The predicted molar refractivity (Wildman–Crippen MR) is 161 cm³/mol. The van der Waals surface area contributed by atoms with Gasteiger partial charge in [0.15, 0.2) is 0 Å². The zero-order valence-electron chi connectivity index (χ0n) is 22.7. The molecule has 5 aromatic rings. The quantitative estimate of drug-likeness (QED) is 0.232. The Morgan fingerprint density at radius 3 is 1.46 bits per heavy atom. The monoisotopic (exact) mass is 507 g/mol. The Morgan fingerprint density at radius 1 is 0.538 bits per heavy atom. The van der Waals surface area contributed by atoms with Crippen molar-refractivity contribution >= 4 is 23.4 Å². The molecule has 4 heteroatoms. The van der Waals surface area contributed by atoms with Crippen LogP contribution in [0.2, 0.25) is 0 Å². The Hall–Kier alpha value is -4.17. The number of hydrogen-bond acceptors (Lipinski definition) is 3. The molecule has 0 unspecified atom stereocenters. The molecule has 1 aliphatic heterocycles. The van der Waals surface area contributed by atoms with Crippen LogP contribution in [0.1, 0.15) is 33.3 Å². The van der Waals surface area contributed by atoms with Gasteiger partial charge in [-0.3, -0.25) is 0 Å². The van der Waals surface area contributed by atoms with Crippen LogP contribution < -0.4 is 5.46 Å². The van der Waals surface area contributed by atoms with Crippen LogP contribution in [0, 0.1) is 11.3 Å². The number of fused-ring (bicyclic) bond motifs is 1. The summed E-state index contributed by atoms with van der Waals surface area (Å²) in [5.41, 5.74) is 7.86. The molecule has 0 radical (unpaired) electrons. The number of hydrogen-bond donors (Lipinski definition) is 0. The minimum atomic E-state index is -0.351. The number of nitriles is 1. The molecule has 6 rings (SSSR count). The smallest absolute Gasteiger partial charge is 0.399 e. The fraction of sp³-hybridized carbons (Fsp3) is 0.171. The Morgan fingerprint density at radius 2 is 0.974 bits per heavy atom. The third-order valence-electron chi connectivity index (χ3n) is 8.15. The maximum atomic E-state index is 9.19. The molecule has 1 heterocycles. The maximum absolute atomic E-state index is 9.19. The van der Waals surface area contributed by atoms with E-state index < -0.39 is 0 Å². The highest BCUT2D eigenvalue weighted by molar-refractivity contribution is 6.62. The summed E-state index contributed by atoms with van der Waals surface area (Å²) >= 11 is 0. The Bertz CT molecular complexity index is 1700. The highest BCUT2D eigenvalue weighted by Crippen LogP contribution is 2.37. The molecule has 0 aliphatic carbocycles. The molecule has 39 heavy (non-hydrogen) atoms. The molecule has 1 fully saturated rings. The molecule has 0 saturated carbocycles. The normalized spacial score (nSPS) is 15.8. The third kappa shape index (κ3) is 4.76. The molecule has 0 spiro atoms. The molecule has 1 saturated heterocycles. The third-order valence-corrected chi connectivity index (χ3v) is 8.15. The maximum Gasteiger partial charge on any atom is 0.494 e. The van der Waals surface area contributed by atoms with Crippen molar-refractivity contribution < 1.29 is 9.31 Å². The van der Waals surface area contributed by atoms with Crippen LogP contribution in [0.5, 0.6) is 0 Å². The van der Waals surface area contributed by atoms with E-state index in [0.717, 1.165) is 22.2 Å². The zero-order chi connectivity index (χ0) is 27.2. The second kappa shape index (κ2) is 9.54. The van der Waals surface area contributed by atoms with E-state index in [9.17, 15) is 5.26 Å². The molecule has 0 bridgehead atoms. The van der Waals surface area contributed by atoms with E-state index in [1.54, 1.807) is 0 Å². The fourth-order valence-corrected chi connectivity index (χ4v) is 5.04. The number of benzene rings is 5. The van der Waals surface area contributed by atoms with E-state index in [0.29, 0.717) is 5.56 Å². The van der Waals surface area contributed by atoms with Gasteiger partial charge in [0.1, 0.15) is 0 Å². The summed E-state index contributed by atoms with van der Waals surface area (Å²) in [5.74, 6) is 0. The average Bonchev–Trinajstić information content (AvgIpc) is 3.19. The largest absolute Gasteiger partial charge is 0.494 e. The summed E-state index contributed by atoms with van der Waals surface area (Å²) in [6, 6.07) is 40.2. The molecule has 0 aromatic heterocycles. The van der Waals surface area contributed by atoms with E-state index in [4.69, 9.17) is 9.31 Å². The molecule has 0 N–H and O–H groups in total. The van der Waals surface area contributed by atoms with Crippen LogP contribution in [-0.2, 0) is 9.31 Å². The first-order valence-corrected chi connectivity index (χ1v) is 13.3. The standard InChI is InChI=1S/C35H30BNO2/c1-34(2)35(3,4)39-36(38-34)33-18-16-27(17-19-33)30-13-15-31-21-29(12-14-32(31)22-30)26-10-8-25(9-11-26)28-7-5-6-24(20-28)23-37/h5-22H,1-4H3. The van der Waals surface area contributed by atoms with Gasteiger partial charge in [-0.15, -0.1) is 0 Å². The zero-order valence-corrected chi connectivity index (χ0v) is 22.7. The molecular weight excluding hydrogens is 477 g/mol. The second-order valence-corrected chi connectivity index (χ2v) is 11.3. The minimum absolute atomic E-state index is 0.348. The van der Waals surface area contributed by atoms with Gasteiger partial charge in [0, 0.05) is 0 Å². The Kier molecular flexibility index (Phi) is 6.15. The molecule has 0 atom stereocenters. The number of rotatable bonds is 4. The van der Waals surface area contributed by atoms with E-state index in [2.05, 4.69) is 119 Å². The lowest BCUT2D eigenvalue weighted by Gasteiger charge is -2.32. The first-order valence-electron chi connectivity index (χ1n) is 13.3. The van der Waals surface area contributed by atoms with Crippen molar-refractivity contribution in [1.82, 2.24) is 0 Å². The lowest BCUT2D eigenvalue weighted by molar-refractivity contribution is 0.00578. The lowest BCUT2D eigenvalue weighted by Crippen LogP contribution is -2.41. The summed E-state index contributed by atoms with van der Waals surface area (Å²) in [6.07, 6.45) is 0. The van der Waals surface area contributed by atoms with Crippen molar-refractivity contribution in [3.63, 3.8) is 0 Å². The van der Waals surface area contributed by atoms with Gasteiger partial charge >= 0.3 is 7.12 Å². The van der Waals surface area contributed by atoms with Gasteiger partial charge in [0.25, 0.3) is 0 Å². The van der Waals surface area contributed by atoms with Gasteiger partial charge < -0.3 is 9.31 Å². The lowest BCUT2D eigenvalue weighted by atomic mass is 9.78. The van der Waals surface area contributed by atoms with Crippen molar-refractivity contribution in [2.24, 2.45) is 0 Å². The van der Waals surface area contributed by atoms with Crippen LogP contribution in [0.25, 0.3) is 44.2 Å². The van der Waals surface area contributed by atoms with E-state index in [1.807, 2.05) is 24.3 Å². The summed E-state index contributed by atoms with van der Waals surface area (Å²) in [7, 11) is -0.351. The molecule has 1 aliphatic rings. The molecule has 0 amide bonds. The second-order valence-electron chi connectivity index (χ2n) is 11.3. The highest BCUT2D eigenvalue weighted by atomic mass is 16.7. The first kappa shape index (κ1) is 25.1. The molecule has 190 valence electrons. The predicted octanol–water partition coefficient (Wildman–Crippen LogP) is 8.01. The van der Waals surface area contributed by atoms with Crippen LogP contribution in [0.15, 0.2) is 109 Å². The van der Waals surface area contributed by atoms with Gasteiger partial charge in [-0.25, -0.2) is 0 Å². The van der Waals surface area contributed by atoms with E-state index in [-0.39, 0.29) is 18.3 Å². The van der Waals surface area contributed by atoms with E-state index >= 15 is 0 Å². The topological polar surface area (TPSA) is 42.2 Å². The Balaban J connectivity index is 1.22. The van der Waals surface area contributed by atoms with Crippen molar-refractivity contribution in [3.8, 4) is 39.4 Å². The molecule has 5 aromatic carbocycles. The summed E-state index contributed by atoms with van der Waals surface area (Å²) in [4.78, 5) is 0. The van der Waals surface area contributed by atoms with Gasteiger partial charge in [-0.1, -0.05) is 84.9 Å². The van der Waals surface area contributed by atoms with Crippen molar-refractivity contribution in [1.29, 1.82) is 5.26 Å². The molecule has 3 nitrogen and oxygen atoms in total. The van der Waals surface area contributed by atoms with Crippen molar-refractivity contribution in [2.75, 3.05) is 0 Å². The van der Waals surface area contributed by atoms with Crippen LogP contribution in [0.3, 0.4) is 0 Å². The van der Waals surface area contributed by atoms with E-state index in [1.165, 1.54) is 27.5 Å². The summed E-state index contributed by atoms with van der Waals surface area (Å²) in [6.45, 7) is 8.31. The van der Waals surface area contributed by atoms with Crippen LogP contribution in [-0.4, -0.2) is 18.3 Å². The summed E-state index contributed by atoms with van der Waals surface area (Å²) < 4.78 is 12.4. The van der Waals surface area contributed by atoms with Crippen LogP contribution in [0.4, 0.5) is 0 Å². The van der Waals surface area contributed by atoms with Crippen molar-refractivity contribution in [2.45, 2.75) is 38.9 Å². The van der Waals surface area contributed by atoms with Gasteiger partial charge in [-0.2, -0.15) is 5.26 Å². The summed E-state index contributed by atoms with van der Waals surface area (Å²) in [5, 5.41) is 11.6. The minimum Gasteiger partial charge on any atom is -0.399 e. The SMILES string of the molecule is CC1(C)OB(c2ccc(-c3ccc4cc(-c5ccc(-c6cccc(C#N)c6)cc5)ccc4c3)cc2)OC1(C)C. The average molecular weight is 507 g/mol. The first-order chi connectivity index (χ1) is 18.7. The number of nitrogens with zero attached hydrogens (tertiary/aromatic N) is 1. The van der Waals surface area contributed by atoms with Crippen molar-refractivity contribution in [3.05, 3.63) is 115 Å². The Labute approximate surface area is 230 Å². The van der Waals surface area contributed by atoms with Gasteiger partial charge in [-0.05, 0) is 102 Å². The highest BCUT2D eigenvalue weighted by Gasteiger charge is 2.51. The van der Waals surface area contributed by atoms with Gasteiger partial charge in [0.05, 0.1) is 22.8 Å². The van der Waals surface area contributed by atoms with Crippen LogP contribution >= 0.6 is 0 Å². The fourth-order valence-electron chi connectivity index (χ4n) is 5.04.